The van der Waals surface area contributed by atoms with Gasteiger partial charge in [0.25, 0.3) is 11.8 Å². The molecular formula is C14H20Cl2N3O2+. The SMILES string of the molecule is CC(C)NC(=O)C[NH+](C)CC(=O)Nc1cccc(Cl)c1Cl. The van der Waals surface area contributed by atoms with Crippen LogP contribution in [0.4, 0.5) is 5.69 Å². The molecule has 3 N–H and O–H groups in total. The number of benzene rings is 1. The number of amides is 2. The highest BCUT2D eigenvalue weighted by Crippen LogP contribution is 2.29. The highest BCUT2D eigenvalue weighted by atomic mass is 35.5. The molecule has 1 rings (SSSR count). The molecule has 1 atom stereocenters. The van der Waals surface area contributed by atoms with Crippen LogP contribution in [-0.4, -0.2) is 38.0 Å². The van der Waals surface area contributed by atoms with Crippen molar-refractivity contribution < 1.29 is 14.5 Å². The van der Waals surface area contributed by atoms with Crippen molar-refractivity contribution in [2.75, 3.05) is 25.5 Å². The largest absolute Gasteiger partial charge is 0.349 e. The number of anilines is 1. The van der Waals surface area contributed by atoms with Gasteiger partial charge in [-0.25, -0.2) is 0 Å². The second-order valence-corrected chi connectivity index (χ2v) is 5.97. The van der Waals surface area contributed by atoms with Gasteiger partial charge >= 0.3 is 0 Å². The van der Waals surface area contributed by atoms with Crippen LogP contribution >= 0.6 is 23.2 Å². The van der Waals surface area contributed by atoms with E-state index < -0.39 is 0 Å². The second kappa shape index (κ2) is 8.22. The standard InChI is InChI=1S/C14H19Cl2N3O2/c1-9(2)17-12(20)7-19(3)8-13(21)18-11-6-4-5-10(15)14(11)16/h4-6,9H,7-8H2,1-3H3,(H,17,20)(H,18,21)/p+1. The third kappa shape index (κ3) is 6.33. The number of quaternary nitrogens is 1. The van der Waals surface area contributed by atoms with Crippen LogP contribution in [0.3, 0.4) is 0 Å². The summed E-state index contributed by atoms with van der Waals surface area (Å²) in [6, 6.07) is 5.11. The van der Waals surface area contributed by atoms with Crippen LogP contribution in [0.25, 0.3) is 0 Å². The summed E-state index contributed by atoms with van der Waals surface area (Å²) >= 11 is 11.9. The van der Waals surface area contributed by atoms with E-state index in [9.17, 15) is 9.59 Å². The molecule has 0 saturated heterocycles. The van der Waals surface area contributed by atoms with Gasteiger partial charge in [-0.05, 0) is 26.0 Å². The number of carbonyl (C=O) groups is 2. The van der Waals surface area contributed by atoms with E-state index in [0.717, 1.165) is 4.90 Å². The number of carbonyl (C=O) groups excluding carboxylic acids is 2. The minimum Gasteiger partial charge on any atom is -0.349 e. The van der Waals surface area contributed by atoms with E-state index in [0.29, 0.717) is 15.7 Å². The first-order chi connectivity index (χ1) is 9.79. The molecule has 0 aliphatic heterocycles. The molecule has 1 aromatic carbocycles. The van der Waals surface area contributed by atoms with Gasteiger partial charge in [-0.1, -0.05) is 29.3 Å². The van der Waals surface area contributed by atoms with E-state index in [1.54, 1.807) is 25.2 Å². The summed E-state index contributed by atoms with van der Waals surface area (Å²) < 4.78 is 0. The second-order valence-electron chi connectivity index (χ2n) is 5.18. The lowest BCUT2D eigenvalue weighted by Crippen LogP contribution is -3.11. The van der Waals surface area contributed by atoms with Gasteiger partial charge in [0.05, 0.1) is 22.8 Å². The number of nitrogens with one attached hydrogen (secondary N) is 3. The molecule has 116 valence electrons. The van der Waals surface area contributed by atoms with Crippen molar-refractivity contribution >= 4 is 40.7 Å². The molecule has 0 fully saturated rings. The first-order valence-electron chi connectivity index (χ1n) is 6.64. The Morgan fingerprint density at radius 3 is 2.43 bits per heavy atom. The Morgan fingerprint density at radius 2 is 1.81 bits per heavy atom. The molecule has 0 radical (unpaired) electrons. The Labute approximate surface area is 134 Å². The topological polar surface area (TPSA) is 62.6 Å². The summed E-state index contributed by atoms with van der Waals surface area (Å²) in [4.78, 5) is 24.3. The van der Waals surface area contributed by atoms with E-state index in [1.165, 1.54) is 0 Å². The number of halogens is 2. The Hall–Kier alpha value is -1.30. The lowest BCUT2D eigenvalue weighted by Gasteiger charge is -2.15. The van der Waals surface area contributed by atoms with Crippen molar-refractivity contribution in [1.29, 1.82) is 0 Å². The number of likely N-dealkylation sites (N-methyl/N-ethyl adjacent to an activating group) is 1. The molecule has 0 spiro atoms. The molecule has 1 aromatic rings. The van der Waals surface area contributed by atoms with E-state index >= 15 is 0 Å². The van der Waals surface area contributed by atoms with Crippen molar-refractivity contribution in [2.24, 2.45) is 0 Å². The molecular weight excluding hydrogens is 313 g/mol. The van der Waals surface area contributed by atoms with Crippen molar-refractivity contribution in [3.05, 3.63) is 28.2 Å². The van der Waals surface area contributed by atoms with Crippen LogP contribution in [0.1, 0.15) is 13.8 Å². The normalized spacial score (nSPS) is 12.1. The molecule has 0 bridgehead atoms. The Balaban J connectivity index is 2.50. The number of hydrogen-bond donors (Lipinski definition) is 3. The minimum absolute atomic E-state index is 0.0870. The summed E-state index contributed by atoms with van der Waals surface area (Å²) in [6.45, 7) is 4.17. The molecule has 0 heterocycles. The third-order valence-electron chi connectivity index (χ3n) is 2.60. The van der Waals surface area contributed by atoms with Gasteiger partial charge in [0.15, 0.2) is 13.1 Å². The van der Waals surface area contributed by atoms with Gasteiger partial charge in [-0.3, -0.25) is 9.59 Å². The van der Waals surface area contributed by atoms with Crippen molar-refractivity contribution in [1.82, 2.24) is 5.32 Å². The fourth-order valence-electron chi connectivity index (χ4n) is 1.78. The predicted octanol–water partition coefficient (Wildman–Crippen LogP) is 0.971. The lowest BCUT2D eigenvalue weighted by molar-refractivity contribution is -0.862. The maximum Gasteiger partial charge on any atom is 0.279 e. The summed E-state index contributed by atoms with van der Waals surface area (Å²) in [6.07, 6.45) is 0. The van der Waals surface area contributed by atoms with Crippen LogP contribution in [0, 0.1) is 0 Å². The predicted molar refractivity (Wildman–Crippen MR) is 85.0 cm³/mol. The highest BCUT2D eigenvalue weighted by Gasteiger charge is 2.16. The molecule has 1 unspecified atom stereocenters. The van der Waals surface area contributed by atoms with Crippen LogP contribution in [0.2, 0.25) is 10.0 Å². The minimum atomic E-state index is -0.228. The average Bonchev–Trinajstić information content (AvgIpc) is 2.33. The lowest BCUT2D eigenvalue weighted by atomic mass is 10.3. The zero-order valence-corrected chi connectivity index (χ0v) is 13.8. The molecule has 0 aliphatic rings. The Bertz CT molecular complexity index is 521. The molecule has 0 saturated carbocycles. The zero-order chi connectivity index (χ0) is 16.0. The van der Waals surface area contributed by atoms with E-state index in [2.05, 4.69) is 10.6 Å². The maximum absolute atomic E-state index is 11.9. The highest BCUT2D eigenvalue weighted by molar-refractivity contribution is 6.43. The van der Waals surface area contributed by atoms with Gasteiger partial charge in [0, 0.05) is 6.04 Å². The van der Waals surface area contributed by atoms with Crippen molar-refractivity contribution in [3.8, 4) is 0 Å². The van der Waals surface area contributed by atoms with Crippen molar-refractivity contribution in [2.45, 2.75) is 19.9 Å². The van der Waals surface area contributed by atoms with Gasteiger partial charge in [-0.15, -0.1) is 0 Å². The Kier molecular flexibility index (Phi) is 6.95. The number of rotatable bonds is 6. The first kappa shape index (κ1) is 17.8. The fourth-order valence-corrected chi connectivity index (χ4v) is 2.13. The molecule has 2 amide bonds. The smallest absolute Gasteiger partial charge is 0.279 e. The van der Waals surface area contributed by atoms with Crippen LogP contribution in [-0.2, 0) is 9.59 Å². The third-order valence-corrected chi connectivity index (χ3v) is 3.42. The molecule has 21 heavy (non-hydrogen) atoms. The summed E-state index contributed by atoms with van der Waals surface area (Å²) in [5, 5.41) is 6.16. The zero-order valence-electron chi connectivity index (χ0n) is 12.3. The summed E-state index contributed by atoms with van der Waals surface area (Å²) in [5.41, 5.74) is 0.466. The van der Waals surface area contributed by atoms with Crippen LogP contribution in [0.15, 0.2) is 18.2 Å². The summed E-state index contributed by atoms with van der Waals surface area (Å²) in [7, 11) is 1.78. The Morgan fingerprint density at radius 1 is 1.19 bits per heavy atom. The molecule has 5 nitrogen and oxygen atoms in total. The van der Waals surface area contributed by atoms with Gasteiger partial charge in [-0.2, -0.15) is 0 Å². The van der Waals surface area contributed by atoms with E-state index in [-0.39, 0.29) is 30.9 Å². The fraction of sp³-hybridized carbons (Fsp3) is 0.429. The summed E-state index contributed by atoms with van der Waals surface area (Å²) in [5.74, 6) is -0.315. The van der Waals surface area contributed by atoms with Gasteiger partial charge in [0.2, 0.25) is 0 Å². The van der Waals surface area contributed by atoms with Gasteiger partial charge in [0.1, 0.15) is 0 Å². The van der Waals surface area contributed by atoms with Crippen LogP contribution < -0.4 is 15.5 Å². The maximum atomic E-state index is 11.9. The average molecular weight is 333 g/mol. The number of hydrogen-bond acceptors (Lipinski definition) is 2. The first-order valence-corrected chi connectivity index (χ1v) is 7.39. The van der Waals surface area contributed by atoms with Crippen molar-refractivity contribution in [3.63, 3.8) is 0 Å². The monoisotopic (exact) mass is 332 g/mol. The quantitative estimate of drug-likeness (QED) is 0.727. The van der Waals surface area contributed by atoms with E-state index in [1.807, 2.05) is 13.8 Å². The molecule has 0 aliphatic carbocycles. The molecule has 7 heteroatoms. The van der Waals surface area contributed by atoms with Crippen LogP contribution in [0.5, 0.6) is 0 Å². The van der Waals surface area contributed by atoms with Gasteiger partial charge < -0.3 is 15.5 Å². The van der Waals surface area contributed by atoms with E-state index in [4.69, 9.17) is 23.2 Å². The molecule has 0 aromatic heterocycles.